The number of halogens is 1. The van der Waals surface area contributed by atoms with Crippen LogP contribution in [0.15, 0.2) is 72.9 Å². The lowest BCUT2D eigenvalue weighted by Crippen LogP contribution is -2.50. The van der Waals surface area contributed by atoms with Crippen molar-refractivity contribution < 1.29 is 19.8 Å². The van der Waals surface area contributed by atoms with Crippen molar-refractivity contribution in [2.45, 2.75) is 37.6 Å². The van der Waals surface area contributed by atoms with E-state index in [4.69, 9.17) is 11.6 Å². The van der Waals surface area contributed by atoms with E-state index in [1.165, 1.54) is 4.90 Å². The molecule has 3 atom stereocenters. The zero-order chi connectivity index (χ0) is 24.1. The number of hydrogen-bond donors (Lipinski definition) is 3. The fraction of sp³-hybridized carbons (Fsp3) is 0.269. The van der Waals surface area contributed by atoms with Gasteiger partial charge in [-0.3, -0.25) is 14.6 Å². The average molecular weight is 480 g/mol. The Morgan fingerprint density at radius 2 is 1.82 bits per heavy atom. The fourth-order valence-corrected chi connectivity index (χ4v) is 4.35. The first-order valence-electron chi connectivity index (χ1n) is 11.1. The van der Waals surface area contributed by atoms with Crippen molar-refractivity contribution in [1.82, 2.24) is 15.2 Å². The molecule has 34 heavy (non-hydrogen) atoms. The minimum Gasteiger partial charge on any atom is -0.380 e. The number of carbonyl (C=O) groups is 2. The summed E-state index contributed by atoms with van der Waals surface area (Å²) in [6.45, 7) is 0.486. The van der Waals surface area contributed by atoms with Crippen molar-refractivity contribution in [2.24, 2.45) is 0 Å². The molecule has 0 saturated carbocycles. The maximum Gasteiger partial charge on any atom is 0.255 e. The molecule has 7 nitrogen and oxygen atoms in total. The van der Waals surface area contributed by atoms with E-state index in [1.54, 1.807) is 30.5 Å². The van der Waals surface area contributed by atoms with Gasteiger partial charge in [-0.2, -0.15) is 0 Å². The number of aliphatic hydroxyl groups is 2. The highest BCUT2D eigenvalue weighted by Gasteiger charge is 2.38. The van der Waals surface area contributed by atoms with Crippen LogP contribution in [0.3, 0.4) is 0 Å². The maximum atomic E-state index is 12.9. The van der Waals surface area contributed by atoms with Gasteiger partial charge in [-0.05, 0) is 42.2 Å². The van der Waals surface area contributed by atoms with E-state index in [2.05, 4.69) is 10.3 Å². The molecular weight excluding hydrogens is 454 g/mol. The first-order chi connectivity index (χ1) is 16.4. The molecule has 0 spiro atoms. The molecule has 2 amide bonds. The monoisotopic (exact) mass is 479 g/mol. The molecule has 0 radical (unpaired) electrons. The quantitative estimate of drug-likeness (QED) is 0.483. The number of nitrogens with one attached hydrogen (secondary N) is 1. The summed E-state index contributed by atoms with van der Waals surface area (Å²) in [5, 5.41) is 23.9. The minimum atomic E-state index is -1.89. The molecule has 1 aromatic heterocycles. The van der Waals surface area contributed by atoms with Crippen LogP contribution in [-0.2, 0) is 16.1 Å². The summed E-state index contributed by atoms with van der Waals surface area (Å²) in [6, 6.07) is 20.4. The fourth-order valence-electron chi connectivity index (χ4n) is 4.15. The van der Waals surface area contributed by atoms with Gasteiger partial charge in [0.15, 0.2) is 12.2 Å². The van der Waals surface area contributed by atoms with Gasteiger partial charge >= 0.3 is 0 Å². The van der Waals surface area contributed by atoms with Gasteiger partial charge in [-0.15, -0.1) is 0 Å². The van der Waals surface area contributed by atoms with Gasteiger partial charge in [-0.25, -0.2) is 0 Å². The number of likely N-dealkylation sites (tertiary alicyclic amines) is 1. The van der Waals surface area contributed by atoms with Crippen LogP contribution in [-0.4, -0.2) is 50.7 Å². The Bertz CT molecular complexity index is 1140. The molecule has 3 aromatic rings. The first-order valence-corrected chi connectivity index (χ1v) is 11.5. The van der Waals surface area contributed by atoms with Gasteiger partial charge in [0, 0.05) is 23.3 Å². The lowest BCUT2D eigenvalue weighted by Gasteiger charge is -2.28. The summed E-state index contributed by atoms with van der Waals surface area (Å²) in [4.78, 5) is 31.2. The summed E-state index contributed by atoms with van der Waals surface area (Å²) in [5.74, 6) is -1.52. The maximum absolute atomic E-state index is 12.9. The molecular formula is C26H26ClN3O4. The number of aliphatic hydroxyl groups excluding tert-OH is 2. The summed E-state index contributed by atoms with van der Waals surface area (Å²) in [6.07, 6.45) is -0.589. The average Bonchev–Trinajstić information content (AvgIpc) is 3.37. The number of carbonyl (C=O) groups excluding carboxylic acids is 2. The van der Waals surface area contributed by atoms with Crippen LogP contribution in [0.5, 0.6) is 0 Å². The molecule has 8 heteroatoms. The van der Waals surface area contributed by atoms with E-state index >= 15 is 0 Å². The molecule has 1 fully saturated rings. The second-order valence-corrected chi connectivity index (χ2v) is 8.69. The Kier molecular flexibility index (Phi) is 7.57. The molecule has 1 saturated heterocycles. The van der Waals surface area contributed by atoms with Gasteiger partial charge in [-0.1, -0.05) is 60.1 Å². The van der Waals surface area contributed by atoms with Crippen LogP contribution in [0.1, 0.15) is 30.1 Å². The molecule has 2 heterocycles. The van der Waals surface area contributed by atoms with E-state index in [0.717, 1.165) is 23.1 Å². The van der Waals surface area contributed by atoms with Gasteiger partial charge in [0.1, 0.15) is 0 Å². The standard InChI is InChI=1S/C26H26ClN3O4/c27-20-9-4-8-18(14-20)22-10-5-13-30(22)26(34)24(32)23(31)25(33)29-16-21-12-11-19(15-28-21)17-6-2-1-3-7-17/h1-4,6-9,11-12,14-15,22-24,31-32H,5,10,13,16H2,(H,29,33)/t22?,23-,24-/m1/s1. The Labute approximate surface area is 203 Å². The number of amides is 2. The molecule has 1 aliphatic heterocycles. The van der Waals surface area contributed by atoms with Crippen LogP contribution < -0.4 is 5.32 Å². The number of nitrogens with zero attached hydrogens (tertiary/aromatic N) is 2. The zero-order valence-corrected chi connectivity index (χ0v) is 19.2. The normalized spacial score (nSPS) is 17.3. The van der Waals surface area contributed by atoms with Crippen molar-refractivity contribution in [3.63, 3.8) is 0 Å². The predicted octanol–water partition coefficient (Wildman–Crippen LogP) is 3.10. The Morgan fingerprint density at radius 1 is 1.03 bits per heavy atom. The Morgan fingerprint density at radius 3 is 2.53 bits per heavy atom. The minimum absolute atomic E-state index is 0.0563. The number of benzene rings is 2. The van der Waals surface area contributed by atoms with Crippen LogP contribution >= 0.6 is 11.6 Å². The van der Waals surface area contributed by atoms with E-state index in [-0.39, 0.29) is 12.6 Å². The zero-order valence-electron chi connectivity index (χ0n) is 18.5. The van der Waals surface area contributed by atoms with Crippen LogP contribution in [0, 0.1) is 0 Å². The van der Waals surface area contributed by atoms with Crippen LogP contribution in [0.25, 0.3) is 11.1 Å². The molecule has 0 aliphatic carbocycles. The molecule has 2 aromatic carbocycles. The highest BCUT2D eigenvalue weighted by Crippen LogP contribution is 2.33. The smallest absolute Gasteiger partial charge is 0.255 e. The van der Waals surface area contributed by atoms with Crippen molar-refractivity contribution >= 4 is 23.4 Å². The third-order valence-corrected chi connectivity index (χ3v) is 6.20. The lowest BCUT2D eigenvalue weighted by molar-refractivity contribution is -0.153. The highest BCUT2D eigenvalue weighted by atomic mass is 35.5. The summed E-state index contributed by atoms with van der Waals surface area (Å²) >= 11 is 6.08. The van der Waals surface area contributed by atoms with Crippen molar-refractivity contribution in [3.8, 4) is 11.1 Å². The van der Waals surface area contributed by atoms with E-state index in [1.807, 2.05) is 42.5 Å². The third kappa shape index (κ3) is 5.44. The Hall–Kier alpha value is -3.26. The second kappa shape index (κ2) is 10.8. The molecule has 0 bridgehead atoms. The Balaban J connectivity index is 1.34. The summed E-state index contributed by atoms with van der Waals surface area (Å²) < 4.78 is 0. The van der Waals surface area contributed by atoms with Crippen molar-refractivity contribution in [2.75, 3.05) is 6.54 Å². The third-order valence-electron chi connectivity index (χ3n) is 5.97. The number of hydrogen-bond acceptors (Lipinski definition) is 5. The number of aromatic nitrogens is 1. The lowest BCUT2D eigenvalue weighted by atomic mass is 10.0. The van der Waals surface area contributed by atoms with Gasteiger partial charge < -0.3 is 20.4 Å². The number of pyridine rings is 1. The van der Waals surface area contributed by atoms with E-state index < -0.39 is 24.0 Å². The SMILES string of the molecule is O=C(NCc1ccc(-c2ccccc2)cn1)[C@H](O)[C@@H](O)C(=O)N1CCCC1c1cccc(Cl)c1. The van der Waals surface area contributed by atoms with Crippen LogP contribution in [0.4, 0.5) is 0 Å². The van der Waals surface area contributed by atoms with E-state index in [9.17, 15) is 19.8 Å². The van der Waals surface area contributed by atoms with Gasteiger partial charge in [0.25, 0.3) is 11.8 Å². The van der Waals surface area contributed by atoms with Crippen molar-refractivity contribution in [1.29, 1.82) is 0 Å². The summed E-state index contributed by atoms with van der Waals surface area (Å²) in [7, 11) is 0. The summed E-state index contributed by atoms with van der Waals surface area (Å²) in [5.41, 5.74) is 3.41. The molecule has 1 aliphatic rings. The highest BCUT2D eigenvalue weighted by molar-refractivity contribution is 6.30. The molecule has 176 valence electrons. The molecule has 1 unspecified atom stereocenters. The molecule has 4 rings (SSSR count). The van der Waals surface area contributed by atoms with Gasteiger partial charge in [0.05, 0.1) is 18.3 Å². The second-order valence-electron chi connectivity index (χ2n) is 8.26. The van der Waals surface area contributed by atoms with Crippen LogP contribution in [0.2, 0.25) is 5.02 Å². The topological polar surface area (TPSA) is 103 Å². The largest absolute Gasteiger partial charge is 0.380 e. The predicted molar refractivity (Wildman–Crippen MR) is 129 cm³/mol. The number of rotatable bonds is 7. The van der Waals surface area contributed by atoms with E-state index in [0.29, 0.717) is 23.7 Å². The van der Waals surface area contributed by atoms with Crippen molar-refractivity contribution in [3.05, 3.63) is 89.2 Å². The molecule has 3 N–H and O–H groups in total. The first kappa shape index (κ1) is 23.9. The van der Waals surface area contributed by atoms with Gasteiger partial charge in [0.2, 0.25) is 0 Å².